The molecule has 2 aromatic heterocycles. The predicted molar refractivity (Wildman–Crippen MR) is 128 cm³/mol. The van der Waals surface area contributed by atoms with Crippen LogP contribution in [-0.4, -0.2) is 21.0 Å². The lowest BCUT2D eigenvalue weighted by Gasteiger charge is -2.36. The fourth-order valence-electron chi connectivity index (χ4n) is 4.84. The van der Waals surface area contributed by atoms with E-state index in [9.17, 15) is 0 Å². The molecule has 1 aromatic carbocycles. The summed E-state index contributed by atoms with van der Waals surface area (Å²) in [4.78, 5) is 7.00. The summed E-state index contributed by atoms with van der Waals surface area (Å²) in [5, 5.41) is 5.09. The van der Waals surface area contributed by atoms with Gasteiger partial charge in [0, 0.05) is 22.8 Å². The van der Waals surface area contributed by atoms with Crippen LogP contribution in [0.1, 0.15) is 61.2 Å². The number of rotatable bonds is 4. The van der Waals surface area contributed by atoms with E-state index in [4.69, 9.17) is 28.2 Å². The molecule has 0 bridgehead atoms. The van der Waals surface area contributed by atoms with Crippen LogP contribution >= 0.6 is 23.8 Å². The van der Waals surface area contributed by atoms with E-state index in [1.165, 1.54) is 19.3 Å². The van der Waals surface area contributed by atoms with Crippen molar-refractivity contribution in [3.8, 4) is 11.3 Å². The largest absolute Gasteiger partial charge is 0.459 e. The van der Waals surface area contributed by atoms with Crippen LogP contribution in [0.3, 0.4) is 0 Å². The van der Waals surface area contributed by atoms with Crippen LogP contribution in [0.25, 0.3) is 11.3 Å². The smallest absolute Gasteiger partial charge is 0.170 e. The van der Waals surface area contributed by atoms with Gasteiger partial charge in [-0.05, 0) is 67.9 Å². The van der Waals surface area contributed by atoms with Crippen LogP contribution in [0.5, 0.6) is 0 Å². The number of hydrogen-bond acceptors (Lipinski definition) is 3. The Hall–Kier alpha value is -2.37. The van der Waals surface area contributed by atoms with Crippen LogP contribution in [0.15, 0.2) is 59.1 Å². The molecule has 0 unspecified atom stereocenters. The molecule has 1 aliphatic carbocycles. The van der Waals surface area contributed by atoms with Crippen molar-refractivity contribution in [3.05, 3.63) is 76.8 Å². The Kier molecular flexibility index (Phi) is 5.72. The zero-order valence-corrected chi connectivity index (χ0v) is 19.1. The van der Waals surface area contributed by atoms with Gasteiger partial charge in [0.2, 0.25) is 0 Å². The van der Waals surface area contributed by atoms with E-state index in [1.54, 1.807) is 0 Å². The molecular formula is C25H26ClN3OS. The minimum absolute atomic E-state index is 0.0276. The van der Waals surface area contributed by atoms with Crippen molar-refractivity contribution in [2.45, 2.75) is 57.2 Å². The Labute approximate surface area is 193 Å². The fourth-order valence-corrected chi connectivity index (χ4v) is 5.41. The van der Waals surface area contributed by atoms with Crippen LogP contribution in [-0.2, 0) is 0 Å². The second-order valence-corrected chi connectivity index (χ2v) is 9.29. The first kappa shape index (κ1) is 20.5. The van der Waals surface area contributed by atoms with Crippen molar-refractivity contribution in [2.24, 2.45) is 0 Å². The minimum Gasteiger partial charge on any atom is -0.459 e. The van der Waals surface area contributed by atoms with Crippen LogP contribution in [0.4, 0.5) is 0 Å². The maximum atomic E-state index is 6.44. The number of furan rings is 1. The molecule has 5 rings (SSSR count). The number of aromatic nitrogens is 1. The van der Waals surface area contributed by atoms with Gasteiger partial charge in [0.15, 0.2) is 5.11 Å². The second kappa shape index (κ2) is 8.64. The van der Waals surface area contributed by atoms with Gasteiger partial charge in [0.1, 0.15) is 17.6 Å². The Morgan fingerprint density at radius 2 is 1.94 bits per heavy atom. The van der Waals surface area contributed by atoms with Gasteiger partial charge in [-0.25, -0.2) is 0 Å². The van der Waals surface area contributed by atoms with Crippen molar-refractivity contribution in [1.29, 1.82) is 0 Å². The average molecular weight is 452 g/mol. The summed E-state index contributed by atoms with van der Waals surface area (Å²) in [6.07, 6.45) is 7.95. The summed E-state index contributed by atoms with van der Waals surface area (Å²) in [6.45, 7) is 2.00. The summed E-state index contributed by atoms with van der Waals surface area (Å²) in [7, 11) is 0. The van der Waals surface area contributed by atoms with Gasteiger partial charge in [0.05, 0.1) is 11.7 Å². The monoisotopic (exact) mass is 451 g/mol. The average Bonchev–Trinajstić information content (AvgIpc) is 3.41. The van der Waals surface area contributed by atoms with E-state index in [0.29, 0.717) is 6.04 Å². The van der Waals surface area contributed by atoms with Crippen molar-refractivity contribution < 1.29 is 4.42 Å². The van der Waals surface area contributed by atoms with E-state index in [0.717, 1.165) is 51.3 Å². The number of thiocarbonyl (C=S) groups is 1. The third-order valence-electron chi connectivity index (χ3n) is 6.48. The molecule has 1 saturated heterocycles. The van der Waals surface area contributed by atoms with E-state index in [-0.39, 0.29) is 12.1 Å². The highest BCUT2D eigenvalue weighted by Gasteiger charge is 2.44. The normalized spacial score (nSPS) is 22.0. The second-order valence-electron chi connectivity index (χ2n) is 8.49. The Bertz CT molecular complexity index is 1080. The first-order valence-corrected chi connectivity index (χ1v) is 11.8. The fraction of sp³-hybridized carbons (Fsp3) is 0.360. The molecule has 0 spiro atoms. The molecule has 0 amide bonds. The van der Waals surface area contributed by atoms with Crippen molar-refractivity contribution in [1.82, 2.24) is 15.2 Å². The van der Waals surface area contributed by atoms with Crippen molar-refractivity contribution in [3.63, 3.8) is 0 Å². The van der Waals surface area contributed by atoms with Crippen LogP contribution in [0.2, 0.25) is 5.02 Å². The van der Waals surface area contributed by atoms with Gasteiger partial charge in [-0.2, -0.15) is 0 Å². The van der Waals surface area contributed by atoms with Crippen LogP contribution in [0, 0.1) is 6.92 Å². The summed E-state index contributed by atoms with van der Waals surface area (Å²) in [5.74, 6) is 1.72. The Balaban J connectivity index is 1.54. The lowest BCUT2D eigenvalue weighted by atomic mass is 9.92. The molecule has 3 heterocycles. The third-order valence-corrected chi connectivity index (χ3v) is 7.21. The van der Waals surface area contributed by atoms with Gasteiger partial charge < -0.3 is 14.6 Å². The third kappa shape index (κ3) is 3.97. The highest BCUT2D eigenvalue weighted by Crippen LogP contribution is 2.43. The lowest BCUT2D eigenvalue weighted by Crippen LogP contribution is -2.40. The molecular weight excluding hydrogens is 426 g/mol. The number of pyridine rings is 1. The van der Waals surface area contributed by atoms with Gasteiger partial charge in [0.25, 0.3) is 0 Å². The molecule has 4 nitrogen and oxygen atoms in total. The van der Waals surface area contributed by atoms with Crippen LogP contribution < -0.4 is 5.32 Å². The lowest BCUT2D eigenvalue weighted by molar-refractivity contribution is 0.179. The maximum Gasteiger partial charge on any atom is 0.170 e. The zero-order valence-electron chi connectivity index (χ0n) is 17.6. The SMILES string of the molecule is Cc1ccc(-c2ccc([C@H]3[C@H](c4ccccn4)NC(=S)N3C3CCCCC3)o2)cc1Cl. The molecule has 160 valence electrons. The number of aryl methyl sites for hydroxylation is 1. The van der Waals surface area contributed by atoms with E-state index >= 15 is 0 Å². The van der Waals surface area contributed by atoms with Gasteiger partial charge in [-0.1, -0.05) is 49.1 Å². The Morgan fingerprint density at radius 3 is 2.68 bits per heavy atom. The van der Waals surface area contributed by atoms with Gasteiger partial charge >= 0.3 is 0 Å². The molecule has 2 atom stereocenters. The summed E-state index contributed by atoms with van der Waals surface area (Å²) in [5.41, 5.74) is 3.01. The topological polar surface area (TPSA) is 41.3 Å². The quantitative estimate of drug-likeness (QED) is 0.452. The Morgan fingerprint density at radius 1 is 1.10 bits per heavy atom. The number of halogens is 1. The predicted octanol–water partition coefficient (Wildman–Crippen LogP) is 6.61. The highest BCUT2D eigenvalue weighted by atomic mass is 35.5. The number of nitrogens with zero attached hydrogens (tertiary/aromatic N) is 2. The van der Waals surface area contributed by atoms with Crippen molar-refractivity contribution >= 4 is 28.9 Å². The highest BCUT2D eigenvalue weighted by molar-refractivity contribution is 7.80. The molecule has 0 radical (unpaired) electrons. The standard InChI is InChI=1S/C25H26ClN3OS/c1-16-10-11-17(15-19(16)26)21-12-13-22(30-21)24-23(20-9-5-6-14-27-20)28-25(31)29(24)18-7-3-2-4-8-18/h5-6,9-15,18,23-24H,2-4,7-8H2,1H3,(H,28,31)/t23-,24-/m0/s1. The summed E-state index contributed by atoms with van der Waals surface area (Å²) < 4.78 is 6.44. The number of hydrogen-bond donors (Lipinski definition) is 1. The van der Waals surface area contributed by atoms with Gasteiger partial charge in [-0.3, -0.25) is 4.98 Å². The molecule has 2 aliphatic rings. The molecule has 31 heavy (non-hydrogen) atoms. The molecule has 1 N–H and O–H groups in total. The first-order valence-electron chi connectivity index (χ1n) is 11.0. The summed E-state index contributed by atoms with van der Waals surface area (Å²) >= 11 is 12.2. The first-order chi connectivity index (χ1) is 15.1. The van der Waals surface area contributed by atoms with Crippen molar-refractivity contribution in [2.75, 3.05) is 0 Å². The maximum absolute atomic E-state index is 6.44. The van der Waals surface area contributed by atoms with E-state index < -0.39 is 0 Å². The molecule has 1 saturated carbocycles. The molecule has 1 aliphatic heterocycles. The number of benzene rings is 1. The molecule has 3 aromatic rings. The number of nitrogens with one attached hydrogen (secondary N) is 1. The minimum atomic E-state index is -0.0452. The molecule has 2 fully saturated rings. The molecule has 6 heteroatoms. The van der Waals surface area contributed by atoms with E-state index in [1.807, 2.05) is 43.5 Å². The zero-order chi connectivity index (χ0) is 21.4. The summed E-state index contributed by atoms with van der Waals surface area (Å²) in [6, 6.07) is 16.5. The van der Waals surface area contributed by atoms with Gasteiger partial charge in [-0.15, -0.1) is 0 Å². The van der Waals surface area contributed by atoms with E-state index in [2.05, 4.69) is 33.4 Å².